The van der Waals surface area contributed by atoms with Gasteiger partial charge in [0.25, 0.3) is 0 Å². The molecule has 1 aliphatic heterocycles. The van der Waals surface area contributed by atoms with Crippen molar-refractivity contribution in [3.05, 3.63) is 30.1 Å². The fraction of sp³-hybridized carbons (Fsp3) is 0.667. The van der Waals surface area contributed by atoms with E-state index < -0.39 is 10.0 Å². The maximum absolute atomic E-state index is 12.6. The number of pyridine rings is 1. The lowest BCUT2D eigenvalue weighted by atomic mass is 10.1. The van der Waals surface area contributed by atoms with Gasteiger partial charge in [-0.2, -0.15) is 4.31 Å². The van der Waals surface area contributed by atoms with Crippen molar-refractivity contribution in [1.29, 1.82) is 0 Å². The molecule has 1 atom stereocenters. The number of hydrogen-bond donors (Lipinski definition) is 1. The number of urea groups is 1. The van der Waals surface area contributed by atoms with Crippen molar-refractivity contribution in [2.75, 3.05) is 19.3 Å². The minimum atomic E-state index is -3.39. The van der Waals surface area contributed by atoms with Crippen LogP contribution in [0.25, 0.3) is 0 Å². The van der Waals surface area contributed by atoms with E-state index in [1.807, 2.05) is 6.07 Å². The Labute approximate surface area is 155 Å². The normalized spacial score (nSPS) is 21.9. The van der Waals surface area contributed by atoms with E-state index in [2.05, 4.69) is 10.3 Å². The number of aromatic nitrogens is 1. The summed E-state index contributed by atoms with van der Waals surface area (Å²) in [5.74, 6) is 0. The highest BCUT2D eigenvalue weighted by atomic mass is 32.2. The molecule has 1 aliphatic carbocycles. The highest BCUT2D eigenvalue weighted by molar-refractivity contribution is 7.88. The van der Waals surface area contributed by atoms with Crippen LogP contribution in [0.4, 0.5) is 4.79 Å². The van der Waals surface area contributed by atoms with Gasteiger partial charge in [0, 0.05) is 44.1 Å². The maximum atomic E-state index is 12.6. The highest BCUT2D eigenvalue weighted by Crippen LogP contribution is 2.22. The van der Waals surface area contributed by atoms with Gasteiger partial charge in [-0.15, -0.1) is 0 Å². The van der Waals surface area contributed by atoms with E-state index in [-0.39, 0.29) is 24.7 Å². The highest BCUT2D eigenvalue weighted by Gasteiger charge is 2.33. The van der Waals surface area contributed by atoms with Gasteiger partial charge < -0.3 is 10.2 Å². The van der Waals surface area contributed by atoms with Gasteiger partial charge in [0.05, 0.1) is 6.26 Å². The molecule has 3 rings (SSSR count). The van der Waals surface area contributed by atoms with Crippen LogP contribution in [-0.4, -0.2) is 60.1 Å². The molecule has 8 heteroatoms. The first-order valence-electron chi connectivity index (χ1n) is 9.34. The third-order valence-corrected chi connectivity index (χ3v) is 6.54. The number of rotatable bonds is 5. The Bertz CT molecular complexity index is 704. The van der Waals surface area contributed by atoms with Crippen LogP contribution < -0.4 is 5.32 Å². The fourth-order valence-corrected chi connectivity index (χ4v) is 5.00. The molecule has 1 aromatic heterocycles. The lowest BCUT2D eigenvalue weighted by molar-refractivity contribution is 0.146. The Morgan fingerprint density at radius 3 is 2.73 bits per heavy atom. The molecule has 2 aliphatic rings. The van der Waals surface area contributed by atoms with Gasteiger partial charge in [-0.1, -0.05) is 18.9 Å². The number of piperidine rings is 1. The van der Waals surface area contributed by atoms with Crippen LogP contribution in [-0.2, 0) is 16.6 Å². The topological polar surface area (TPSA) is 82.6 Å². The number of hydrogen-bond acceptors (Lipinski definition) is 4. The summed E-state index contributed by atoms with van der Waals surface area (Å²) in [6, 6.07) is 3.69. The van der Waals surface area contributed by atoms with Crippen molar-refractivity contribution < 1.29 is 13.2 Å². The second-order valence-corrected chi connectivity index (χ2v) is 9.28. The maximum Gasteiger partial charge on any atom is 0.317 e. The molecule has 0 radical (unpaired) electrons. The SMILES string of the molecule is CS(=O)(=O)N(Cc1cccnc1)C1CCCN(C(=O)NC2CCCC2)C1. The summed E-state index contributed by atoms with van der Waals surface area (Å²) in [5, 5.41) is 3.11. The minimum absolute atomic E-state index is 0.0589. The number of carbonyl (C=O) groups is 1. The third-order valence-electron chi connectivity index (χ3n) is 5.26. The van der Waals surface area contributed by atoms with E-state index in [1.54, 1.807) is 23.4 Å². The first kappa shape index (κ1) is 19.1. The Hall–Kier alpha value is -1.67. The van der Waals surface area contributed by atoms with Gasteiger partial charge in [-0.3, -0.25) is 4.98 Å². The summed E-state index contributed by atoms with van der Waals surface area (Å²) >= 11 is 0. The first-order chi connectivity index (χ1) is 12.4. The van der Waals surface area contributed by atoms with Gasteiger partial charge in [0.15, 0.2) is 0 Å². The average molecular weight is 381 g/mol. The van der Waals surface area contributed by atoms with E-state index in [4.69, 9.17) is 0 Å². The predicted molar refractivity (Wildman–Crippen MR) is 100 cm³/mol. The van der Waals surface area contributed by atoms with Crippen LogP contribution in [0.5, 0.6) is 0 Å². The number of nitrogens with zero attached hydrogens (tertiary/aromatic N) is 3. The molecule has 1 saturated heterocycles. The molecule has 2 amide bonds. The Morgan fingerprint density at radius 2 is 2.08 bits per heavy atom. The number of amides is 2. The molecule has 1 N–H and O–H groups in total. The van der Waals surface area contributed by atoms with E-state index in [0.717, 1.165) is 31.2 Å². The molecule has 1 unspecified atom stereocenters. The van der Waals surface area contributed by atoms with Crippen molar-refractivity contribution in [2.24, 2.45) is 0 Å². The van der Waals surface area contributed by atoms with Crippen LogP contribution in [0.3, 0.4) is 0 Å². The van der Waals surface area contributed by atoms with Gasteiger partial charge in [0.1, 0.15) is 0 Å². The number of sulfonamides is 1. The van der Waals surface area contributed by atoms with E-state index >= 15 is 0 Å². The lowest BCUT2D eigenvalue weighted by Gasteiger charge is -2.38. The largest absolute Gasteiger partial charge is 0.335 e. The molecule has 0 spiro atoms. The van der Waals surface area contributed by atoms with Crippen molar-refractivity contribution in [1.82, 2.24) is 19.5 Å². The van der Waals surface area contributed by atoms with Gasteiger partial charge in [0.2, 0.25) is 10.0 Å². The Kier molecular flexibility index (Phi) is 6.13. The zero-order valence-corrected chi connectivity index (χ0v) is 16.1. The lowest BCUT2D eigenvalue weighted by Crippen LogP contribution is -2.54. The van der Waals surface area contributed by atoms with Crippen molar-refractivity contribution in [3.8, 4) is 0 Å². The molecular formula is C18H28N4O3S. The number of carbonyl (C=O) groups excluding carboxylic acids is 1. The molecule has 0 bridgehead atoms. The molecule has 0 aromatic carbocycles. The summed E-state index contributed by atoms with van der Waals surface area (Å²) in [6.07, 6.45) is 10.6. The zero-order valence-electron chi connectivity index (χ0n) is 15.3. The smallest absolute Gasteiger partial charge is 0.317 e. The van der Waals surface area contributed by atoms with Crippen LogP contribution in [0.1, 0.15) is 44.1 Å². The monoisotopic (exact) mass is 380 g/mol. The molecule has 2 heterocycles. The molecule has 7 nitrogen and oxygen atoms in total. The summed E-state index contributed by atoms with van der Waals surface area (Å²) in [5.41, 5.74) is 0.852. The molecule has 1 aromatic rings. The molecule has 26 heavy (non-hydrogen) atoms. The van der Waals surface area contributed by atoms with Crippen molar-refractivity contribution in [3.63, 3.8) is 0 Å². The van der Waals surface area contributed by atoms with Crippen molar-refractivity contribution in [2.45, 2.75) is 57.2 Å². The van der Waals surface area contributed by atoms with Crippen molar-refractivity contribution >= 4 is 16.1 Å². The van der Waals surface area contributed by atoms with Crippen LogP contribution >= 0.6 is 0 Å². The first-order valence-corrected chi connectivity index (χ1v) is 11.2. The zero-order chi connectivity index (χ0) is 18.6. The van der Waals surface area contributed by atoms with Gasteiger partial charge in [-0.05, 0) is 37.3 Å². The molecule has 2 fully saturated rings. The third kappa shape index (κ3) is 4.94. The summed E-state index contributed by atoms with van der Waals surface area (Å²) in [6.45, 7) is 1.40. The summed E-state index contributed by atoms with van der Waals surface area (Å²) < 4.78 is 26.3. The Balaban J connectivity index is 1.67. The average Bonchev–Trinajstić information content (AvgIpc) is 3.13. The van der Waals surface area contributed by atoms with E-state index in [1.165, 1.54) is 23.4 Å². The van der Waals surface area contributed by atoms with E-state index in [9.17, 15) is 13.2 Å². The number of nitrogens with one attached hydrogen (secondary N) is 1. The number of likely N-dealkylation sites (tertiary alicyclic amines) is 1. The Morgan fingerprint density at radius 1 is 1.31 bits per heavy atom. The van der Waals surface area contributed by atoms with Crippen LogP contribution in [0.15, 0.2) is 24.5 Å². The predicted octanol–water partition coefficient (Wildman–Crippen LogP) is 1.96. The van der Waals surface area contributed by atoms with E-state index in [0.29, 0.717) is 13.1 Å². The standard InChI is InChI=1S/C18H28N4O3S/c1-26(24,25)22(13-15-6-4-10-19-12-15)17-9-5-11-21(14-17)18(23)20-16-7-2-3-8-16/h4,6,10,12,16-17H,2-3,5,7-9,11,13-14H2,1H3,(H,20,23). The minimum Gasteiger partial charge on any atom is -0.335 e. The molecular weight excluding hydrogens is 352 g/mol. The van der Waals surface area contributed by atoms with Crippen LogP contribution in [0, 0.1) is 0 Å². The molecule has 1 saturated carbocycles. The second kappa shape index (κ2) is 8.35. The second-order valence-electron chi connectivity index (χ2n) is 7.34. The quantitative estimate of drug-likeness (QED) is 0.846. The molecule has 144 valence electrons. The summed E-state index contributed by atoms with van der Waals surface area (Å²) in [7, 11) is -3.39. The van der Waals surface area contributed by atoms with Crippen LogP contribution in [0.2, 0.25) is 0 Å². The fourth-order valence-electron chi connectivity index (χ4n) is 3.90. The van der Waals surface area contributed by atoms with Gasteiger partial charge in [-0.25, -0.2) is 13.2 Å². The van der Waals surface area contributed by atoms with Gasteiger partial charge >= 0.3 is 6.03 Å². The summed E-state index contributed by atoms with van der Waals surface area (Å²) in [4.78, 5) is 18.4.